The third kappa shape index (κ3) is 7.50. The predicted molar refractivity (Wildman–Crippen MR) is 151 cm³/mol. The second kappa shape index (κ2) is 12.8. The second-order valence-electron chi connectivity index (χ2n) is 11.1. The Labute approximate surface area is 235 Å². The van der Waals surface area contributed by atoms with Gasteiger partial charge in [0.1, 0.15) is 35.9 Å². The Morgan fingerprint density at radius 1 is 0.775 bits per heavy atom. The summed E-state index contributed by atoms with van der Waals surface area (Å²) in [4.78, 5) is 39.4. The summed E-state index contributed by atoms with van der Waals surface area (Å²) in [6, 6.07) is 21.9. The van der Waals surface area contributed by atoms with Crippen molar-refractivity contribution in [2.75, 3.05) is 0 Å². The van der Waals surface area contributed by atoms with Gasteiger partial charge in [0.15, 0.2) is 5.78 Å². The van der Waals surface area contributed by atoms with E-state index in [-0.39, 0.29) is 41.6 Å². The Hall–Kier alpha value is -4.13. The van der Waals surface area contributed by atoms with Gasteiger partial charge in [-0.05, 0) is 56.9 Å². The molecule has 3 aromatic rings. The van der Waals surface area contributed by atoms with Crippen LogP contribution in [0, 0.1) is 11.8 Å². The van der Waals surface area contributed by atoms with Crippen molar-refractivity contribution in [1.82, 2.24) is 0 Å². The zero-order chi connectivity index (χ0) is 28.7. The molecule has 0 heterocycles. The molecule has 1 fully saturated rings. The Balaban J connectivity index is 1.80. The molecule has 7 nitrogen and oxygen atoms in total. The van der Waals surface area contributed by atoms with Crippen molar-refractivity contribution in [2.45, 2.75) is 65.3 Å². The number of hydrogen-bond donors (Lipinski definition) is 1. The number of carboxylic acid groups (broad SMARTS) is 1. The summed E-state index contributed by atoms with van der Waals surface area (Å²) >= 11 is 0. The number of carbonyl (C=O) groups is 3. The zero-order valence-corrected chi connectivity index (χ0v) is 23.2. The minimum absolute atomic E-state index is 0.143. The van der Waals surface area contributed by atoms with Crippen LogP contribution in [0.4, 0.5) is 0 Å². The van der Waals surface area contributed by atoms with Gasteiger partial charge in [-0.1, -0.05) is 73.5 Å². The molecule has 1 aliphatic carbocycles. The van der Waals surface area contributed by atoms with Gasteiger partial charge in [0.2, 0.25) is 0 Å². The number of aliphatic carboxylic acids is 1. The number of hydrogen-bond acceptors (Lipinski definition) is 6. The van der Waals surface area contributed by atoms with Crippen molar-refractivity contribution in [2.24, 2.45) is 11.8 Å². The molecule has 4 rings (SSSR count). The predicted octanol–water partition coefficient (Wildman–Crippen LogP) is 6.87. The fraction of sp³-hybridized carbons (Fsp3) is 0.364. The highest BCUT2D eigenvalue weighted by atomic mass is 16.6. The highest BCUT2D eigenvalue weighted by Crippen LogP contribution is 2.40. The monoisotopic (exact) mass is 544 g/mol. The number of carboxylic acids is 1. The molecule has 0 unspecified atom stereocenters. The molecule has 0 amide bonds. The van der Waals surface area contributed by atoms with Crippen LogP contribution >= 0.6 is 0 Å². The topological polar surface area (TPSA) is 99.1 Å². The fourth-order valence-corrected chi connectivity index (χ4v) is 4.91. The molecular weight excluding hydrogens is 508 g/mol. The molecule has 1 aliphatic rings. The second-order valence-corrected chi connectivity index (χ2v) is 11.1. The van der Waals surface area contributed by atoms with Crippen molar-refractivity contribution < 1.29 is 33.7 Å². The molecule has 40 heavy (non-hydrogen) atoms. The highest BCUT2D eigenvalue weighted by molar-refractivity contribution is 6.06. The summed E-state index contributed by atoms with van der Waals surface area (Å²) in [5.74, 6) is -3.12. The number of esters is 1. The number of rotatable bonds is 10. The van der Waals surface area contributed by atoms with E-state index >= 15 is 0 Å². The van der Waals surface area contributed by atoms with E-state index in [4.69, 9.17) is 14.2 Å². The lowest BCUT2D eigenvalue weighted by Crippen LogP contribution is -2.33. The summed E-state index contributed by atoms with van der Waals surface area (Å²) in [6.45, 7) is 5.61. The molecule has 2 atom stereocenters. The normalized spacial score (nSPS) is 17.1. The van der Waals surface area contributed by atoms with Crippen LogP contribution < -0.4 is 9.47 Å². The van der Waals surface area contributed by atoms with Crippen molar-refractivity contribution in [3.05, 3.63) is 95.1 Å². The Bertz CT molecular complexity index is 1260. The third-order valence-electron chi connectivity index (χ3n) is 6.84. The molecule has 3 aromatic carbocycles. The van der Waals surface area contributed by atoms with E-state index < -0.39 is 29.4 Å². The molecule has 0 bridgehead atoms. The maximum absolute atomic E-state index is 14.1. The maximum Gasteiger partial charge on any atom is 0.338 e. The molecule has 210 valence electrons. The standard InChI is InChI=1S/C33H36O7/c1-33(2,3)40-32(37)24-18-27(38-20-22-12-6-4-7-13-22)29(28(19-24)39-21-23-14-8-5-9-15-23)30(34)25-16-10-11-17-26(25)31(35)36/h4-9,12-15,18-19,25-26H,10-11,16-17,20-21H2,1-3H3,(H,35,36)/t25-,26+/m1/s1. The largest absolute Gasteiger partial charge is 0.488 e. The summed E-state index contributed by atoms with van der Waals surface area (Å²) < 4.78 is 18.0. The lowest BCUT2D eigenvalue weighted by molar-refractivity contribution is -0.144. The minimum Gasteiger partial charge on any atom is -0.488 e. The van der Waals surface area contributed by atoms with Crippen molar-refractivity contribution in [1.29, 1.82) is 0 Å². The van der Waals surface area contributed by atoms with Crippen LogP contribution in [0.25, 0.3) is 0 Å². The smallest absolute Gasteiger partial charge is 0.338 e. The molecule has 0 spiro atoms. The summed E-state index contributed by atoms with van der Waals surface area (Å²) in [5, 5.41) is 9.90. The molecule has 7 heteroatoms. The number of benzene rings is 3. The minimum atomic E-state index is -0.984. The van der Waals surface area contributed by atoms with Crippen molar-refractivity contribution in [3.8, 4) is 11.5 Å². The first kappa shape index (κ1) is 28.9. The lowest BCUT2D eigenvalue weighted by Gasteiger charge is -2.29. The Morgan fingerprint density at radius 3 is 1.70 bits per heavy atom. The van der Waals surface area contributed by atoms with Crippen LogP contribution in [-0.2, 0) is 22.7 Å². The fourth-order valence-electron chi connectivity index (χ4n) is 4.91. The lowest BCUT2D eigenvalue weighted by atomic mass is 9.75. The van der Waals surface area contributed by atoms with Crippen LogP contribution in [0.3, 0.4) is 0 Å². The van der Waals surface area contributed by atoms with E-state index in [0.717, 1.165) is 24.0 Å². The molecule has 0 aliphatic heterocycles. The van der Waals surface area contributed by atoms with Gasteiger partial charge in [-0.2, -0.15) is 0 Å². The van der Waals surface area contributed by atoms with E-state index in [1.165, 1.54) is 12.1 Å². The van der Waals surface area contributed by atoms with Gasteiger partial charge in [0, 0.05) is 5.92 Å². The number of Topliss-reactive ketones (excluding diaryl/α,β-unsaturated/α-hetero) is 1. The molecule has 0 radical (unpaired) electrons. The highest BCUT2D eigenvalue weighted by Gasteiger charge is 2.39. The SMILES string of the molecule is CC(C)(C)OC(=O)c1cc(OCc2ccccc2)c(C(=O)[C@@H]2CCCC[C@@H]2C(=O)O)c(OCc2ccccc2)c1. The Kier molecular flexibility index (Phi) is 9.25. The molecule has 0 aromatic heterocycles. The van der Waals surface area contributed by atoms with Crippen molar-refractivity contribution in [3.63, 3.8) is 0 Å². The van der Waals surface area contributed by atoms with Crippen LogP contribution in [0.2, 0.25) is 0 Å². The van der Waals surface area contributed by atoms with E-state index in [9.17, 15) is 19.5 Å². The molecule has 1 saturated carbocycles. The third-order valence-corrected chi connectivity index (χ3v) is 6.84. The summed E-state index contributed by atoms with van der Waals surface area (Å²) in [5.41, 5.74) is 1.33. The van der Waals surface area contributed by atoms with E-state index in [1.807, 2.05) is 60.7 Å². The molecule has 1 N–H and O–H groups in total. The summed E-state index contributed by atoms with van der Waals surface area (Å²) in [7, 11) is 0. The van der Waals surface area contributed by atoms with Crippen LogP contribution in [0.5, 0.6) is 11.5 Å². The Morgan fingerprint density at radius 2 is 1.25 bits per heavy atom. The van der Waals surface area contributed by atoms with Crippen LogP contribution in [0.15, 0.2) is 72.8 Å². The van der Waals surface area contributed by atoms with Gasteiger partial charge in [0.25, 0.3) is 0 Å². The average molecular weight is 545 g/mol. The van der Waals surface area contributed by atoms with E-state index in [0.29, 0.717) is 12.8 Å². The summed E-state index contributed by atoms with van der Waals surface area (Å²) in [6.07, 6.45) is 2.41. The first-order valence-electron chi connectivity index (χ1n) is 13.6. The van der Waals surface area contributed by atoms with Gasteiger partial charge in [-0.3, -0.25) is 9.59 Å². The number of carbonyl (C=O) groups excluding carboxylic acids is 2. The van der Waals surface area contributed by atoms with Gasteiger partial charge >= 0.3 is 11.9 Å². The van der Waals surface area contributed by atoms with Crippen molar-refractivity contribution >= 4 is 17.7 Å². The first-order valence-corrected chi connectivity index (χ1v) is 13.6. The first-order chi connectivity index (χ1) is 19.1. The van der Waals surface area contributed by atoms with Gasteiger partial charge < -0.3 is 19.3 Å². The quantitative estimate of drug-likeness (QED) is 0.220. The van der Waals surface area contributed by atoms with Gasteiger partial charge in [-0.15, -0.1) is 0 Å². The van der Waals surface area contributed by atoms with Gasteiger partial charge in [0.05, 0.1) is 11.5 Å². The molecular formula is C33H36O7. The maximum atomic E-state index is 14.1. The van der Waals surface area contributed by atoms with E-state index in [1.54, 1.807) is 20.8 Å². The zero-order valence-electron chi connectivity index (χ0n) is 23.2. The average Bonchev–Trinajstić information content (AvgIpc) is 2.94. The van der Waals surface area contributed by atoms with Gasteiger partial charge in [-0.25, -0.2) is 4.79 Å². The van der Waals surface area contributed by atoms with E-state index in [2.05, 4.69) is 0 Å². The number of ether oxygens (including phenoxy) is 3. The van der Waals surface area contributed by atoms with Crippen LogP contribution in [0.1, 0.15) is 78.3 Å². The number of ketones is 1. The van der Waals surface area contributed by atoms with Crippen LogP contribution in [-0.4, -0.2) is 28.4 Å². The molecule has 0 saturated heterocycles.